The Labute approximate surface area is 201 Å². The molecule has 2 unspecified atom stereocenters. The largest absolute Gasteiger partial charge is 0.453 e. The van der Waals surface area contributed by atoms with Crippen molar-refractivity contribution in [1.82, 2.24) is 15.5 Å². The lowest BCUT2D eigenvalue weighted by atomic mass is 10.0. The lowest BCUT2D eigenvalue weighted by molar-refractivity contribution is -0.118. The molecule has 176 valence electrons. The summed E-state index contributed by atoms with van der Waals surface area (Å²) >= 11 is 7.10. The first-order valence-corrected chi connectivity index (χ1v) is 12.1. The number of methoxy groups -OCH3 is 1. The van der Waals surface area contributed by atoms with E-state index in [0.29, 0.717) is 21.3 Å². The molecule has 8 nitrogen and oxygen atoms in total. The van der Waals surface area contributed by atoms with Gasteiger partial charge in [-0.1, -0.05) is 17.7 Å². The highest BCUT2D eigenvalue weighted by atomic mass is 35.5. The molecule has 1 saturated carbocycles. The molecule has 1 fully saturated rings. The molecule has 1 aromatic heterocycles. The molecule has 10 heteroatoms. The summed E-state index contributed by atoms with van der Waals surface area (Å²) in [5, 5.41) is 8.50. The SMILES string of the molecule is COC(=O)NC1CC1[C@@H](NC(=O)c1ccc(Cl)s1)C(=O)Nc1ccc2c(c1)CCN(C)CC2. The Balaban J connectivity index is 1.48. The molecule has 0 bridgehead atoms. The normalized spacial score (nSPS) is 20.7. The minimum atomic E-state index is -0.814. The van der Waals surface area contributed by atoms with Gasteiger partial charge < -0.3 is 25.6 Å². The van der Waals surface area contributed by atoms with Gasteiger partial charge in [0.1, 0.15) is 6.04 Å². The van der Waals surface area contributed by atoms with E-state index in [1.807, 2.05) is 12.1 Å². The van der Waals surface area contributed by atoms with Crippen molar-refractivity contribution in [3.63, 3.8) is 0 Å². The van der Waals surface area contributed by atoms with E-state index < -0.39 is 12.1 Å². The standard InChI is InChI=1S/C23H27ClN4O4S/c1-28-9-7-13-3-4-15(11-14(13)8-10-28)25-22(30)20(16-12-17(16)26-23(31)32-2)27-21(29)18-5-6-19(24)33-18/h3-6,11,16-17,20H,7-10,12H2,1-2H3,(H,25,30)(H,26,31)(H,27,29)/t16?,17?,20-/m1/s1. The molecular formula is C23H27ClN4O4S. The van der Waals surface area contributed by atoms with E-state index in [-0.39, 0.29) is 23.8 Å². The van der Waals surface area contributed by atoms with Crippen molar-refractivity contribution in [3.8, 4) is 0 Å². The first-order chi connectivity index (χ1) is 15.8. The predicted octanol–water partition coefficient (Wildman–Crippen LogP) is 2.91. The Bertz CT molecular complexity index is 1060. The summed E-state index contributed by atoms with van der Waals surface area (Å²) in [7, 11) is 3.40. The monoisotopic (exact) mass is 490 g/mol. The fraction of sp³-hybridized carbons (Fsp3) is 0.435. The molecule has 33 heavy (non-hydrogen) atoms. The van der Waals surface area contributed by atoms with Crippen LogP contribution in [-0.2, 0) is 22.4 Å². The Morgan fingerprint density at radius 1 is 1.15 bits per heavy atom. The summed E-state index contributed by atoms with van der Waals surface area (Å²) in [6.07, 6.45) is 1.90. The summed E-state index contributed by atoms with van der Waals surface area (Å²) in [5.41, 5.74) is 3.21. The lowest BCUT2D eigenvalue weighted by Gasteiger charge is -2.19. The Kier molecular flexibility index (Phi) is 7.21. The Morgan fingerprint density at radius 3 is 2.61 bits per heavy atom. The number of rotatable bonds is 6. The lowest BCUT2D eigenvalue weighted by Crippen LogP contribution is -2.47. The molecule has 2 aromatic rings. The molecule has 1 aliphatic carbocycles. The molecule has 2 heterocycles. The van der Waals surface area contributed by atoms with E-state index in [4.69, 9.17) is 11.6 Å². The summed E-state index contributed by atoms with van der Waals surface area (Å²) in [5.74, 6) is -0.936. The number of carbonyl (C=O) groups is 3. The molecule has 3 atom stereocenters. The van der Waals surface area contributed by atoms with E-state index in [1.165, 1.54) is 18.2 Å². The zero-order chi connectivity index (χ0) is 23.5. The van der Waals surface area contributed by atoms with Crippen LogP contribution in [0, 0.1) is 5.92 Å². The number of fused-ring (bicyclic) bond motifs is 1. The first-order valence-electron chi connectivity index (χ1n) is 10.9. The number of hydrogen-bond acceptors (Lipinski definition) is 6. The maximum atomic E-state index is 13.3. The van der Waals surface area contributed by atoms with Gasteiger partial charge in [-0.25, -0.2) is 4.79 Å². The number of amides is 3. The third kappa shape index (κ3) is 5.85. The van der Waals surface area contributed by atoms with Gasteiger partial charge in [-0.2, -0.15) is 0 Å². The van der Waals surface area contributed by atoms with Crippen molar-refractivity contribution in [2.45, 2.75) is 31.3 Å². The molecule has 4 rings (SSSR count). The van der Waals surface area contributed by atoms with Crippen LogP contribution in [0.1, 0.15) is 27.2 Å². The summed E-state index contributed by atoms with van der Waals surface area (Å²) in [4.78, 5) is 40.3. The van der Waals surface area contributed by atoms with Crippen molar-refractivity contribution in [2.75, 3.05) is 32.6 Å². The molecule has 0 saturated heterocycles. The fourth-order valence-corrected chi connectivity index (χ4v) is 5.06. The summed E-state index contributed by atoms with van der Waals surface area (Å²) in [6, 6.07) is 8.18. The molecule has 0 radical (unpaired) electrons. The maximum absolute atomic E-state index is 13.3. The van der Waals surface area contributed by atoms with Gasteiger partial charge in [-0.3, -0.25) is 9.59 Å². The Morgan fingerprint density at radius 2 is 1.91 bits per heavy atom. The molecule has 0 spiro atoms. The highest BCUT2D eigenvalue weighted by molar-refractivity contribution is 7.18. The van der Waals surface area contributed by atoms with Crippen LogP contribution in [0.4, 0.5) is 10.5 Å². The maximum Gasteiger partial charge on any atom is 0.407 e. The van der Waals surface area contributed by atoms with Crippen molar-refractivity contribution in [2.24, 2.45) is 5.92 Å². The van der Waals surface area contributed by atoms with Crippen molar-refractivity contribution < 1.29 is 19.1 Å². The van der Waals surface area contributed by atoms with E-state index >= 15 is 0 Å². The van der Waals surface area contributed by atoms with E-state index in [1.54, 1.807) is 12.1 Å². The second-order valence-corrected chi connectivity index (χ2v) is 10.2. The molecule has 3 N–H and O–H groups in total. The number of carbonyl (C=O) groups excluding carboxylic acids is 3. The molecular weight excluding hydrogens is 464 g/mol. The first kappa shape index (κ1) is 23.5. The van der Waals surface area contributed by atoms with Crippen molar-refractivity contribution >= 4 is 46.5 Å². The highest BCUT2D eigenvalue weighted by Gasteiger charge is 2.48. The number of hydrogen-bond donors (Lipinski definition) is 3. The smallest absolute Gasteiger partial charge is 0.407 e. The number of nitrogens with one attached hydrogen (secondary N) is 3. The van der Waals surface area contributed by atoms with Crippen molar-refractivity contribution in [1.29, 1.82) is 0 Å². The average molecular weight is 491 g/mol. The van der Waals surface area contributed by atoms with Gasteiger partial charge in [0.05, 0.1) is 16.3 Å². The number of ether oxygens (including phenoxy) is 1. The number of likely N-dealkylation sites (N-methyl/N-ethyl adjacent to an activating group) is 1. The van der Waals surface area contributed by atoms with Crippen molar-refractivity contribution in [3.05, 3.63) is 50.7 Å². The van der Waals surface area contributed by atoms with Crippen LogP contribution >= 0.6 is 22.9 Å². The number of alkyl carbamates (subject to hydrolysis) is 1. The van der Waals surface area contributed by atoms with Crippen LogP contribution in [0.3, 0.4) is 0 Å². The van der Waals surface area contributed by atoms with E-state index in [0.717, 1.165) is 37.3 Å². The number of nitrogens with zero attached hydrogens (tertiary/aromatic N) is 1. The van der Waals surface area contributed by atoms with Crippen LogP contribution in [0.2, 0.25) is 4.34 Å². The van der Waals surface area contributed by atoms with Crippen LogP contribution < -0.4 is 16.0 Å². The topological polar surface area (TPSA) is 99.8 Å². The fourth-order valence-electron chi connectivity index (χ4n) is 4.11. The van der Waals surface area contributed by atoms with Gasteiger partial charge >= 0.3 is 6.09 Å². The van der Waals surface area contributed by atoms with Crippen LogP contribution in [0.5, 0.6) is 0 Å². The molecule has 2 aliphatic rings. The zero-order valence-corrected chi connectivity index (χ0v) is 20.1. The van der Waals surface area contributed by atoms with Crippen LogP contribution in [0.25, 0.3) is 0 Å². The van der Waals surface area contributed by atoms with E-state index in [9.17, 15) is 14.4 Å². The Hall–Kier alpha value is -2.62. The van der Waals surface area contributed by atoms with Gasteiger partial charge in [-0.05, 0) is 61.7 Å². The van der Waals surface area contributed by atoms with Crippen LogP contribution in [-0.4, -0.2) is 62.1 Å². The second-order valence-electron chi connectivity index (χ2n) is 8.47. The highest BCUT2D eigenvalue weighted by Crippen LogP contribution is 2.35. The zero-order valence-electron chi connectivity index (χ0n) is 18.5. The van der Waals surface area contributed by atoms with Gasteiger partial charge in [0.25, 0.3) is 5.91 Å². The number of anilines is 1. The minimum absolute atomic E-state index is 0.238. The average Bonchev–Trinajstić information content (AvgIpc) is 3.45. The van der Waals surface area contributed by atoms with Gasteiger partial charge in [0.15, 0.2) is 0 Å². The second kappa shape index (κ2) is 10.1. The third-order valence-electron chi connectivity index (χ3n) is 6.12. The third-order valence-corrected chi connectivity index (χ3v) is 7.35. The van der Waals surface area contributed by atoms with E-state index in [2.05, 4.69) is 38.7 Å². The molecule has 1 aliphatic heterocycles. The number of halogens is 1. The van der Waals surface area contributed by atoms with Crippen LogP contribution in [0.15, 0.2) is 30.3 Å². The quantitative estimate of drug-likeness (QED) is 0.578. The minimum Gasteiger partial charge on any atom is -0.453 e. The van der Waals surface area contributed by atoms with Gasteiger partial charge in [0, 0.05) is 30.7 Å². The predicted molar refractivity (Wildman–Crippen MR) is 128 cm³/mol. The molecule has 1 aromatic carbocycles. The summed E-state index contributed by atoms with van der Waals surface area (Å²) < 4.78 is 5.15. The number of thiophene rings is 1. The van der Waals surface area contributed by atoms with Gasteiger partial charge in [0.2, 0.25) is 5.91 Å². The number of benzene rings is 1. The molecule has 3 amide bonds. The van der Waals surface area contributed by atoms with Gasteiger partial charge in [-0.15, -0.1) is 11.3 Å². The summed E-state index contributed by atoms with van der Waals surface area (Å²) in [6.45, 7) is 1.98.